The number of benzene rings is 3. The van der Waals surface area contributed by atoms with Crippen molar-refractivity contribution in [1.82, 2.24) is 0 Å². The zero-order chi connectivity index (χ0) is 22.9. The van der Waals surface area contributed by atoms with Crippen molar-refractivity contribution in [1.29, 1.82) is 0 Å². The van der Waals surface area contributed by atoms with E-state index < -0.39 is 21.3 Å². The van der Waals surface area contributed by atoms with E-state index in [1.807, 2.05) is 24.3 Å². The van der Waals surface area contributed by atoms with E-state index >= 15 is 0 Å². The standard InChI is InChI=1S/C23H21N3O5S/c24-25-16-18-11-9-17(10-12-18)13-14-31-21-8-4-7-20(15-21)26(19-5-2-1-3-6-19)22(23(27)28)32(29)30/h1-12,15-16H,13-14,24H2,(H,27,28)/b25-16+. The molecule has 0 amide bonds. The van der Waals surface area contributed by atoms with Crippen molar-refractivity contribution in [2.75, 3.05) is 11.5 Å². The highest BCUT2D eigenvalue weighted by Crippen LogP contribution is 2.29. The van der Waals surface area contributed by atoms with Crippen molar-refractivity contribution < 1.29 is 23.1 Å². The largest absolute Gasteiger partial charge is 0.493 e. The lowest BCUT2D eigenvalue weighted by atomic mass is 10.1. The summed E-state index contributed by atoms with van der Waals surface area (Å²) in [5, 5.41) is 13.0. The van der Waals surface area contributed by atoms with Crippen molar-refractivity contribution in [3.8, 4) is 5.75 Å². The van der Waals surface area contributed by atoms with Gasteiger partial charge < -0.3 is 15.7 Å². The Morgan fingerprint density at radius 2 is 1.69 bits per heavy atom. The molecule has 0 saturated carbocycles. The molecule has 0 atom stereocenters. The fourth-order valence-electron chi connectivity index (χ4n) is 3.06. The van der Waals surface area contributed by atoms with Gasteiger partial charge in [-0.3, -0.25) is 4.90 Å². The van der Waals surface area contributed by atoms with E-state index in [0.29, 0.717) is 30.2 Å². The Bertz CT molecular complexity index is 1230. The van der Waals surface area contributed by atoms with Crippen LogP contribution in [0.4, 0.5) is 11.4 Å². The van der Waals surface area contributed by atoms with Gasteiger partial charge in [0.1, 0.15) is 5.75 Å². The third-order valence-electron chi connectivity index (χ3n) is 4.50. The number of anilines is 2. The normalized spacial score (nSPS) is 10.6. The molecular weight excluding hydrogens is 430 g/mol. The minimum absolute atomic E-state index is 0.348. The van der Waals surface area contributed by atoms with Gasteiger partial charge in [0, 0.05) is 18.2 Å². The number of ether oxygens (including phenoxy) is 1. The molecule has 0 aromatic heterocycles. The van der Waals surface area contributed by atoms with Crippen molar-refractivity contribution >= 4 is 38.8 Å². The summed E-state index contributed by atoms with van der Waals surface area (Å²) in [6.45, 7) is 0.377. The number of carboxylic acid groups (broad SMARTS) is 1. The monoisotopic (exact) mass is 451 g/mol. The summed E-state index contributed by atoms with van der Waals surface area (Å²) in [6, 6.07) is 22.7. The van der Waals surface area contributed by atoms with E-state index in [1.54, 1.807) is 60.8 Å². The first-order valence-corrected chi connectivity index (χ1v) is 10.7. The Morgan fingerprint density at radius 1 is 1.00 bits per heavy atom. The van der Waals surface area contributed by atoms with Gasteiger partial charge in [0.05, 0.1) is 18.5 Å². The fourth-order valence-corrected chi connectivity index (χ4v) is 3.56. The molecule has 9 heteroatoms. The molecule has 3 rings (SSSR count). The smallest absolute Gasteiger partial charge is 0.369 e. The summed E-state index contributed by atoms with van der Waals surface area (Å²) in [7, 11) is -2.97. The van der Waals surface area contributed by atoms with E-state index in [9.17, 15) is 18.3 Å². The van der Waals surface area contributed by atoms with E-state index in [2.05, 4.69) is 5.10 Å². The number of hydrogen-bond donors (Lipinski definition) is 2. The lowest BCUT2D eigenvalue weighted by Gasteiger charge is -2.23. The van der Waals surface area contributed by atoms with Crippen LogP contribution in [0.1, 0.15) is 11.1 Å². The first-order chi connectivity index (χ1) is 15.5. The molecule has 0 aliphatic rings. The maximum absolute atomic E-state index is 11.7. The predicted octanol–water partition coefficient (Wildman–Crippen LogP) is 2.83. The van der Waals surface area contributed by atoms with Crippen LogP contribution in [0, 0.1) is 0 Å². The van der Waals surface area contributed by atoms with Crippen LogP contribution in [0.25, 0.3) is 0 Å². The van der Waals surface area contributed by atoms with Gasteiger partial charge >= 0.3 is 5.97 Å². The zero-order valence-electron chi connectivity index (χ0n) is 17.0. The van der Waals surface area contributed by atoms with E-state index in [4.69, 9.17) is 10.6 Å². The van der Waals surface area contributed by atoms with Gasteiger partial charge in [-0.1, -0.05) is 48.5 Å². The van der Waals surface area contributed by atoms with E-state index in [-0.39, 0.29) is 0 Å². The van der Waals surface area contributed by atoms with E-state index in [1.165, 1.54) is 0 Å². The molecule has 8 nitrogen and oxygen atoms in total. The predicted molar refractivity (Wildman–Crippen MR) is 124 cm³/mol. The Balaban J connectivity index is 1.82. The lowest BCUT2D eigenvalue weighted by Crippen LogP contribution is -2.33. The molecule has 0 aliphatic carbocycles. The number of aliphatic carboxylic acids is 1. The third-order valence-corrected chi connectivity index (χ3v) is 5.17. The average Bonchev–Trinajstić information content (AvgIpc) is 2.79. The Kier molecular flexibility index (Phi) is 7.60. The van der Waals surface area contributed by atoms with Crippen LogP contribution in [0.2, 0.25) is 0 Å². The summed E-state index contributed by atoms with van der Waals surface area (Å²) in [5.41, 5.74) is 2.70. The first-order valence-electron chi connectivity index (χ1n) is 9.59. The number of carboxylic acids is 1. The minimum atomic E-state index is -2.97. The van der Waals surface area contributed by atoms with Crippen molar-refractivity contribution in [2.45, 2.75) is 6.42 Å². The van der Waals surface area contributed by atoms with Gasteiger partial charge in [-0.25, -0.2) is 4.79 Å². The van der Waals surface area contributed by atoms with Crippen LogP contribution in [0.5, 0.6) is 5.75 Å². The van der Waals surface area contributed by atoms with Crippen LogP contribution in [-0.2, 0) is 21.5 Å². The maximum atomic E-state index is 11.7. The SMILES string of the molecule is N/N=C/c1ccc(CCOc2cccc(N(C(C(=O)O)=S(=O)=O)c3ccccc3)c2)cc1. The van der Waals surface area contributed by atoms with Gasteiger partial charge in [0.2, 0.25) is 10.3 Å². The summed E-state index contributed by atoms with van der Waals surface area (Å²) in [4.78, 5) is 12.1. The molecule has 3 aromatic carbocycles. The van der Waals surface area contributed by atoms with Crippen LogP contribution in [-0.4, -0.2) is 37.3 Å². The first kappa shape index (κ1) is 22.6. The Labute approximate surface area is 186 Å². The van der Waals surface area contributed by atoms with E-state index in [0.717, 1.165) is 16.0 Å². The average molecular weight is 452 g/mol. The molecule has 0 unspecified atom stereocenters. The minimum Gasteiger partial charge on any atom is -0.493 e. The van der Waals surface area contributed by atoms with Gasteiger partial charge in [-0.15, -0.1) is 0 Å². The molecular formula is C23H21N3O5S. The molecule has 0 saturated heterocycles. The zero-order valence-corrected chi connectivity index (χ0v) is 17.8. The van der Waals surface area contributed by atoms with Gasteiger partial charge in [-0.2, -0.15) is 13.5 Å². The second kappa shape index (κ2) is 10.8. The lowest BCUT2D eigenvalue weighted by molar-refractivity contribution is -0.129. The van der Waals surface area contributed by atoms with Crippen LogP contribution in [0.15, 0.2) is 84.0 Å². The second-order valence-electron chi connectivity index (χ2n) is 6.63. The second-order valence-corrected chi connectivity index (χ2v) is 7.49. The highest BCUT2D eigenvalue weighted by atomic mass is 32.2. The van der Waals surface area contributed by atoms with Crippen LogP contribution < -0.4 is 15.5 Å². The number of carbonyl (C=O) groups is 1. The molecule has 0 spiro atoms. The maximum Gasteiger partial charge on any atom is 0.369 e. The van der Waals surface area contributed by atoms with Crippen molar-refractivity contribution in [3.63, 3.8) is 0 Å². The number of hydrazone groups is 1. The van der Waals surface area contributed by atoms with Crippen molar-refractivity contribution in [3.05, 3.63) is 90.0 Å². The summed E-state index contributed by atoms with van der Waals surface area (Å²) < 4.78 is 29.2. The number of rotatable bonds is 7. The molecule has 3 aromatic rings. The molecule has 0 fully saturated rings. The summed E-state index contributed by atoms with van der Waals surface area (Å²) in [5.74, 6) is 4.07. The molecule has 32 heavy (non-hydrogen) atoms. The molecule has 0 aliphatic heterocycles. The van der Waals surface area contributed by atoms with Crippen molar-refractivity contribution in [2.24, 2.45) is 10.9 Å². The van der Waals surface area contributed by atoms with Gasteiger partial charge in [0.25, 0.3) is 4.99 Å². The number of hydrogen-bond acceptors (Lipinski definition) is 6. The molecule has 0 radical (unpaired) electrons. The van der Waals surface area contributed by atoms with Gasteiger partial charge in [0.15, 0.2) is 0 Å². The number of nitrogens with two attached hydrogens (primary N) is 1. The number of nitrogens with zero attached hydrogens (tertiary/aromatic N) is 2. The molecule has 0 heterocycles. The Morgan fingerprint density at radius 3 is 2.31 bits per heavy atom. The molecule has 0 bridgehead atoms. The highest BCUT2D eigenvalue weighted by molar-refractivity contribution is 7.75. The summed E-state index contributed by atoms with van der Waals surface area (Å²) >= 11 is 0. The Hall–Kier alpha value is -4.11. The fraction of sp³-hybridized carbons (Fsp3) is 0.0870. The molecule has 164 valence electrons. The third kappa shape index (κ3) is 5.73. The topological polar surface area (TPSA) is 122 Å². The molecule has 3 N–H and O–H groups in total. The number of para-hydroxylation sites is 1. The highest BCUT2D eigenvalue weighted by Gasteiger charge is 2.24. The van der Waals surface area contributed by atoms with Crippen LogP contribution in [0.3, 0.4) is 0 Å². The van der Waals surface area contributed by atoms with Crippen LogP contribution >= 0.6 is 0 Å². The summed E-state index contributed by atoms with van der Waals surface area (Å²) in [6.07, 6.45) is 2.20. The quantitative estimate of drug-likeness (QED) is 0.245. The van der Waals surface area contributed by atoms with Gasteiger partial charge in [-0.05, 0) is 35.4 Å².